The lowest BCUT2D eigenvalue weighted by Gasteiger charge is -2.41. The fourth-order valence-electron chi connectivity index (χ4n) is 6.00. The summed E-state index contributed by atoms with van der Waals surface area (Å²) >= 11 is 0. The summed E-state index contributed by atoms with van der Waals surface area (Å²) in [6, 6.07) is 16.9. The zero-order valence-electron chi connectivity index (χ0n) is 29.4. The van der Waals surface area contributed by atoms with Crippen LogP contribution in [0.2, 0.25) is 0 Å². The van der Waals surface area contributed by atoms with Crippen LogP contribution in [0.5, 0.6) is 5.75 Å². The second kappa shape index (κ2) is 14.8. The molecule has 1 saturated heterocycles. The average Bonchev–Trinajstić information content (AvgIpc) is 3.05. The van der Waals surface area contributed by atoms with E-state index in [1.807, 2.05) is 45.0 Å². The Labute approximate surface area is 292 Å². The van der Waals surface area contributed by atoms with Crippen molar-refractivity contribution in [2.24, 2.45) is 5.41 Å². The van der Waals surface area contributed by atoms with Crippen molar-refractivity contribution in [1.82, 2.24) is 9.97 Å². The van der Waals surface area contributed by atoms with E-state index in [4.69, 9.17) is 14.5 Å². The molecule has 264 valence electrons. The topological polar surface area (TPSA) is 134 Å². The number of nitrogens with one attached hydrogen (secondary N) is 1. The molecule has 4 aromatic rings. The van der Waals surface area contributed by atoms with Crippen LogP contribution in [0.25, 0.3) is 11.1 Å². The quantitative estimate of drug-likeness (QED) is 0.134. The van der Waals surface area contributed by atoms with Gasteiger partial charge in [-0.05, 0) is 93.5 Å². The fourth-order valence-corrected chi connectivity index (χ4v) is 6.00. The largest absolute Gasteiger partial charge is 0.493 e. The van der Waals surface area contributed by atoms with Gasteiger partial charge in [-0.3, -0.25) is 0 Å². The number of anilines is 3. The van der Waals surface area contributed by atoms with Crippen LogP contribution in [0.1, 0.15) is 80.7 Å². The van der Waals surface area contributed by atoms with Gasteiger partial charge in [-0.15, -0.1) is 0 Å². The van der Waals surface area contributed by atoms with Gasteiger partial charge in [0.05, 0.1) is 23.5 Å². The molecule has 1 atom stereocenters. The van der Waals surface area contributed by atoms with Gasteiger partial charge >= 0.3 is 11.9 Å². The lowest BCUT2D eigenvalue weighted by atomic mass is 9.82. The van der Waals surface area contributed by atoms with E-state index in [1.54, 1.807) is 25.1 Å². The van der Waals surface area contributed by atoms with Crippen molar-refractivity contribution in [3.8, 4) is 16.9 Å². The highest BCUT2D eigenvalue weighted by Crippen LogP contribution is 2.47. The number of carboxylic acid groups (broad SMARTS) is 2. The molecule has 3 N–H and O–H groups in total. The third kappa shape index (κ3) is 8.95. The molecule has 0 amide bonds. The molecule has 2 aromatic carbocycles. The third-order valence-electron chi connectivity index (χ3n) is 8.76. The molecule has 2 aromatic heterocycles. The Morgan fingerprint density at radius 2 is 1.66 bits per heavy atom. The van der Waals surface area contributed by atoms with E-state index >= 15 is 0 Å². The number of ether oxygens (including phenoxy) is 2. The Morgan fingerprint density at radius 3 is 2.22 bits per heavy atom. The number of hydrogen-bond acceptors (Lipinski definition) is 8. The Kier molecular flexibility index (Phi) is 10.8. The maximum atomic E-state index is 13.3. The van der Waals surface area contributed by atoms with Gasteiger partial charge in [-0.25, -0.2) is 23.9 Å². The number of rotatable bonds is 12. The Morgan fingerprint density at radius 1 is 1.00 bits per heavy atom. The number of nitrogens with zero attached hydrogens (tertiary/aromatic N) is 3. The van der Waals surface area contributed by atoms with Gasteiger partial charge in [0, 0.05) is 42.5 Å². The van der Waals surface area contributed by atoms with Crippen molar-refractivity contribution in [2.75, 3.05) is 29.9 Å². The Balaban J connectivity index is 1.63. The van der Waals surface area contributed by atoms with Gasteiger partial charge in [0.25, 0.3) is 0 Å². The maximum Gasteiger partial charge on any atom is 0.337 e. The Hall–Kier alpha value is -5.03. The first-order chi connectivity index (χ1) is 23.6. The summed E-state index contributed by atoms with van der Waals surface area (Å²) in [4.78, 5) is 35.9. The van der Waals surface area contributed by atoms with Crippen LogP contribution in [-0.4, -0.2) is 57.4 Å². The van der Waals surface area contributed by atoms with Gasteiger partial charge < -0.3 is 29.9 Å². The van der Waals surface area contributed by atoms with Crippen molar-refractivity contribution in [3.63, 3.8) is 0 Å². The van der Waals surface area contributed by atoms with Gasteiger partial charge in [0.1, 0.15) is 23.2 Å². The third-order valence-corrected chi connectivity index (χ3v) is 8.76. The summed E-state index contributed by atoms with van der Waals surface area (Å²) in [7, 11) is 0. The van der Waals surface area contributed by atoms with E-state index in [9.17, 15) is 24.2 Å². The molecule has 1 unspecified atom stereocenters. The predicted octanol–water partition coefficient (Wildman–Crippen LogP) is 8.22. The lowest BCUT2D eigenvalue weighted by molar-refractivity contribution is -0.160. The van der Waals surface area contributed by atoms with Gasteiger partial charge in [0.2, 0.25) is 0 Å². The number of carbonyl (C=O) groups is 2. The van der Waals surface area contributed by atoms with Crippen LogP contribution in [0.3, 0.4) is 0 Å². The minimum atomic E-state index is -1.30. The number of benzene rings is 2. The van der Waals surface area contributed by atoms with Crippen LogP contribution >= 0.6 is 0 Å². The number of aliphatic carboxylic acids is 1. The van der Waals surface area contributed by atoms with E-state index < -0.39 is 23.6 Å². The molecule has 0 radical (unpaired) electrons. The Bertz CT molecular complexity index is 1810. The van der Waals surface area contributed by atoms with E-state index in [2.05, 4.69) is 29.0 Å². The number of aromatic nitrogens is 2. The molecular weight excluding hydrogens is 639 g/mol. The number of hydrogen-bond donors (Lipinski definition) is 3. The second-order valence-corrected chi connectivity index (χ2v) is 14.4. The molecule has 50 heavy (non-hydrogen) atoms. The molecule has 3 heterocycles. The highest BCUT2D eigenvalue weighted by molar-refractivity contribution is 5.94. The number of aromatic carboxylic acids is 1. The number of carboxylic acids is 2. The van der Waals surface area contributed by atoms with Gasteiger partial charge in [0.15, 0.2) is 6.10 Å². The molecule has 1 fully saturated rings. The lowest BCUT2D eigenvalue weighted by Crippen LogP contribution is -2.39. The van der Waals surface area contributed by atoms with Crippen LogP contribution in [0.15, 0.2) is 66.9 Å². The van der Waals surface area contributed by atoms with Crippen LogP contribution < -0.4 is 15.0 Å². The SMILES string of the molecule is Cc1nc(Nc2ccc(C(=O)O)cn2)c(-c2ccc(OCCc3ccc(F)cc3)cc2)c(N2CCC(C)(C)CC2)c1C(OC(C)(C)C)C(=O)O. The van der Waals surface area contributed by atoms with Crippen molar-refractivity contribution in [2.45, 2.75) is 72.5 Å². The van der Waals surface area contributed by atoms with Crippen molar-refractivity contribution in [3.05, 3.63) is 95.1 Å². The zero-order chi connectivity index (χ0) is 36.2. The normalized spacial score (nSPS) is 15.0. The predicted molar refractivity (Wildman–Crippen MR) is 191 cm³/mol. The number of piperidine rings is 1. The van der Waals surface area contributed by atoms with Crippen molar-refractivity contribution in [1.29, 1.82) is 0 Å². The van der Waals surface area contributed by atoms with E-state index in [-0.39, 0.29) is 16.8 Å². The summed E-state index contributed by atoms with van der Waals surface area (Å²) in [6.07, 6.45) is 2.37. The van der Waals surface area contributed by atoms with Gasteiger partial charge in [-0.1, -0.05) is 38.1 Å². The molecule has 1 aliphatic rings. The molecule has 0 aliphatic carbocycles. The molecule has 10 nitrogen and oxygen atoms in total. The van der Waals surface area contributed by atoms with Gasteiger partial charge in [-0.2, -0.15) is 0 Å². The first-order valence-electron chi connectivity index (χ1n) is 16.7. The smallest absolute Gasteiger partial charge is 0.337 e. The van der Waals surface area contributed by atoms with Crippen LogP contribution in [0, 0.1) is 18.2 Å². The van der Waals surface area contributed by atoms with E-state index in [0.29, 0.717) is 66.0 Å². The minimum absolute atomic E-state index is 0.0468. The average molecular weight is 685 g/mol. The number of halogens is 1. The summed E-state index contributed by atoms with van der Waals surface area (Å²) in [5, 5.41) is 23.3. The highest BCUT2D eigenvalue weighted by Gasteiger charge is 2.37. The zero-order valence-corrected chi connectivity index (χ0v) is 29.4. The monoisotopic (exact) mass is 684 g/mol. The first-order valence-corrected chi connectivity index (χ1v) is 16.7. The molecule has 11 heteroatoms. The fraction of sp³-hybridized carbons (Fsp3) is 0.385. The summed E-state index contributed by atoms with van der Waals surface area (Å²) in [6.45, 7) is 13.5. The van der Waals surface area contributed by atoms with Crippen LogP contribution in [0.4, 0.5) is 21.7 Å². The molecule has 5 rings (SSSR count). The van der Waals surface area contributed by atoms with Crippen LogP contribution in [-0.2, 0) is 16.0 Å². The van der Waals surface area contributed by atoms with E-state index in [1.165, 1.54) is 24.4 Å². The first kappa shape index (κ1) is 36.3. The number of aryl methyl sites for hydroxylation is 1. The van der Waals surface area contributed by atoms with Crippen molar-refractivity contribution >= 4 is 29.3 Å². The second-order valence-electron chi connectivity index (χ2n) is 14.4. The molecule has 0 bridgehead atoms. The standard InChI is InChI=1S/C39H45FN4O6/c1-24-31(34(37(47)48)50-38(2,3)4)33(44-20-18-39(5,6)19-21-44)32(35(42-24)43-30-16-11-27(23-41-30)36(45)46)26-9-14-29(15-10-26)49-22-17-25-7-12-28(40)13-8-25/h7-16,23,34H,17-22H2,1-6H3,(H,45,46)(H,47,48)(H,41,42,43). The molecule has 0 spiro atoms. The van der Waals surface area contributed by atoms with E-state index in [0.717, 1.165) is 24.0 Å². The molecule has 0 saturated carbocycles. The highest BCUT2D eigenvalue weighted by atomic mass is 19.1. The molecule has 1 aliphatic heterocycles. The summed E-state index contributed by atoms with van der Waals surface area (Å²) < 4.78 is 25.6. The summed E-state index contributed by atoms with van der Waals surface area (Å²) in [5.74, 6) is -1.04. The minimum Gasteiger partial charge on any atom is -0.493 e. The summed E-state index contributed by atoms with van der Waals surface area (Å²) in [5.41, 5.74) is 3.45. The number of pyridine rings is 2. The molecular formula is C39H45FN4O6. The van der Waals surface area contributed by atoms with Crippen molar-refractivity contribution < 1.29 is 33.7 Å². The maximum absolute atomic E-state index is 13.3.